The Labute approximate surface area is 176 Å². The van der Waals surface area contributed by atoms with Crippen molar-refractivity contribution < 1.29 is 9.59 Å². The van der Waals surface area contributed by atoms with Gasteiger partial charge < -0.3 is 15.5 Å². The van der Waals surface area contributed by atoms with E-state index in [9.17, 15) is 9.59 Å². The van der Waals surface area contributed by atoms with Gasteiger partial charge in [0.2, 0.25) is 5.91 Å². The number of hydrogen-bond acceptors (Lipinski definition) is 4. The summed E-state index contributed by atoms with van der Waals surface area (Å²) >= 11 is 7.86. The summed E-state index contributed by atoms with van der Waals surface area (Å²) in [5.74, 6) is 0.363. The summed E-state index contributed by atoms with van der Waals surface area (Å²) in [6.45, 7) is 2.95. The molecule has 2 fully saturated rings. The van der Waals surface area contributed by atoms with Crippen molar-refractivity contribution in [3.63, 3.8) is 0 Å². The molecule has 150 valence electrons. The summed E-state index contributed by atoms with van der Waals surface area (Å²) in [6, 6.07) is 5.53. The lowest BCUT2D eigenvalue weighted by molar-refractivity contribution is -0.123. The highest BCUT2D eigenvalue weighted by molar-refractivity contribution is 7.98. The van der Waals surface area contributed by atoms with Crippen LogP contribution in [0.5, 0.6) is 0 Å². The number of halogens is 2. The summed E-state index contributed by atoms with van der Waals surface area (Å²) in [5, 5.41) is 6.77. The Hall–Kier alpha value is -0.950. The third-order valence-corrected chi connectivity index (χ3v) is 6.21. The van der Waals surface area contributed by atoms with Crippen molar-refractivity contribution in [2.75, 3.05) is 32.4 Å². The number of carbonyl (C=O) groups excluding carboxylic acids is 2. The van der Waals surface area contributed by atoms with E-state index in [-0.39, 0.29) is 30.3 Å². The number of benzene rings is 1. The SMILES string of the molecule is CSc1ccc(Cl)c(C(=O)N2CCCC(CNC(=O)C3CCCN3)C2)c1.Cl. The third kappa shape index (κ3) is 5.76. The maximum Gasteiger partial charge on any atom is 0.255 e. The molecule has 5 nitrogen and oxygen atoms in total. The van der Waals surface area contributed by atoms with Crippen LogP contribution in [0.3, 0.4) is 0 Å². The van der Waals surface area contributed by atoms with Crippen LogP contribution < -0.4 is 10.6 Å². The van der Waals surface area contributed by atoms with Gasteiger partial charge in [0.05, 0.1) is 16.6 Å². The molecule has 0 spiro atoms. The summed E-state index contributed by atoms with van der Waals surface area (Å²) in [4.78, 5) is 28.0. The number of amides is 2. The Morgan fingerprint density at radius 2 is 2.15 bits per heavy atom. The minimum absolute atomic E-state index is 0. The third-order valence-electron chi connectivity index (χ3n) is 5.15. The number of rotatable bonds is 5. The van der Waals surface area contributed by atoms with Gasteiger partial charge in [-0.15, -0.1) is 24.2 Å². The van der Waals surface area contributed by atoms with E-state index in [1.165, 1.54) is 0 Å². The molecule has 8 heteroatoms. The average molecular weight is 432 g/mol. The molecule has 2 aliphatic rings. The first-order chi connectivity index (χ1) is 12.6. The molecule has 2 heterocycles. The van der Waals surface area contributed by atoms with Gasteiger partial charge in [-0.05, 0) is 62.6 Å². The fraction of sp³-hybridized carbons (Fsp3) is 0.579. The van der Waals surface area contributed by atoms with E-state index in [4.69, 9.17) is 11.6 Å². The molecule has 3 rings (SSSR count). The average Bonchev–Trinajstić information content (AvgIpc) is 3.21. The van der Waals surface area contributed by atoms with Crippen LogP contribution in [0, 0.1) is 5.92 Å². The molecule has 2 aliphatic heterocycles. The van der Waals surface area contributed by atoms with Gasteiger partial charge in [0, 0.05) is 24.5 Å². The van der Waals surface area contributed by atoms with Crippen LogP contribution in [0.25, 0.3) is 0 Å². The standard InChI is InChI=1S/C19H26ClN3O2S.ClH/c1-26-14-6-7-16(20)15(10-14)19(25)23-9-3-4-13(12-23)11-22-18(24)17-5-2-8-21-17;/h6-7,10,13,17,21H,2-5,8-9,11-12H2,1H3,(H,22,24);1H. The van der Waals surface area contributed by atoms with Crippen molar-refractivity contribution in [1.82, 2.24) is 15.5 Å². The lowest BCUT2D eigenvalue weighted by atomic mass is 9.97. The Kier molecular flexibility index (Phi) is 8.73. The van der Waals surface area contributed by atoms with E-state index >= 15 is 0 Å². The smallest absolute Gasteiger partial charge is 0.255 e. The highest BCUT2D eigenvalue weighted by Gasteiger charge is 2.27. The van der Waals surface area contributed by atoms with Crippen LogP contribution in [0.4, 0.5) is 0 Å². The Morgan fingerprint density at radius 1 is 1.33 bits per heavy atom. The van der Waals surface area contributed by atoms with Crippen molar-refractivity contribution in [3.05, 3.63) is 28.8 Å². The van der Waals surface area contributed by atoms with Crippen LogP contribution in [-0.2, 0) is 4.79 Å². The molecular formula is C19H27Cl2N3O2S. The fourth-order valence-electron chi connectivity index (χ4n) is 3.66. The van der Waals surface area contributed by atoms with E-state index in [0.29, 0.717) is 29.6 Å². The van der Waals surface area contributed by atoms with Gasteiger partial charge in [0.15, 0.2) is 0 Å². The molecule has 2 atom stereocenters. The van der Waals surface area contributed by atoms with Crippen LogP contribution in [0.15, 0.2) is 23.1 Å². The second-order valence-electron chi connectivity index (χ2n) is 7.00. The number of carbonyl (C=O) groups is 2. The van der Waals surface area contributed by atoms with E-state index in [2.05, 4.69) is 10.6 Å². The van der Waals surface area contributed by atoms with Crippen molar-refractivity contribution >= 4 is 47.6 Å². The summed E-state index contributed by atoms with van der Waals surface area (Å²) in [7, 11) is 0. The number of nitrogens with one attached hydrogen (secondary N) is 2. The second-order valence-corrected chi connectivity index (χ2v) is 8.29. The van der Waals surface area contributed by atoms with Crippen molar-refractivity contribution in [1.29, 1.82) is 0 Å². The minimum atomic E-state index is -0.0515. The summed E-state index contributed by atoms with van der Waals surface area (Å²) in [5.41, 5.74) is 0.568. The number of piperidine rings is 1. The highest BCUT2D eigenvalue weighted by Crippen LogP contribution is 2.26. The van der Waals surface area contributed by atoms with Crippen LogP contribution in [-0.4, -0.2) is 55.2 Å². The lowest BCUT2D eigenvalue weighted by Gasteiger charge is -2.33. The molecule has 0 radical (unpaired) electrons. The molecule has 0 aromatic heterocycles. The molecule has 2 unspecified atom stereocenters. The fourth-order valence-corrected chi connectivity index (χ4v) is 4.30. The molecule has 2 saturated heterocycles. The van der Waals surface area contributed by atoms with Gasteiger partial charge in [-0.1, -0.05) is 11.6 Å². The van der Waals surface area contributed by atoms with E-state index < -0.39 is 0 Å². The van der Waals surface area contributed by atoms with Crippen LogP contribution >= 0.6 is 35.8 Å². The zero-order valence-electron chi connectivity index (χ0n) is 15.5. The molecule has 27 heavy (non-hydrogen) atoms. The van der Waals surface area contributed by atoms with Crippen LogP contribution in [0.2, 0.25) is 5.02 Å². The van der Waals surface area contributed by atoms with Crippen molar-refractivity contribution in [2.45, 2.75) is 36.6 Å². The van der Waals surface area contributed by atoms with E-state index in [0.717, 1.165) is 43.7 Å². The molecule has 2 amide bonds. The first-order valence-corrected chi connectivity index (χ1v) is 10.8. The van der Waals surface area contributed by atoms with Crippen molar-refractivity contribution in [3.8, 4) is 0 Å². The first-order valence-electron chi connectivity index (χ1n) is 9.22. The number of nitrogens with zero attached hydrogens (tertiary/aromatic N) is 1. The minimum Gasteiger partial charge on any atom is -0.354 e. The summed E-state index contributed by atoms with van der Waals surface area (Å²) < 4.78 is 0. The number of thioether (sulfide) groups is 1. The number of likely N-dealkylation sites (tertiary alicyclic amines) is 1. The Bertz CT molecular complexity index is 668. The molecule has 0 aliphatic carbocycles. The molecular weight excluding hydrogens is 405 g/mol. The quantitative estimate of drug-likeness (QED) is 0.702. The Balaban J connectivity index is 0.00000261. The Morgan fingerprint density at radius 3 is 2.85 bits per heavy atom. The maximum atomic E-state index is 12.9. The normalized spacial score (nSPS) is 22.2. The topological polar surface area (TPSA) is 61.4 Å². The molecule has 0 bridgehead atoms. The van der Waals surface area contributed by atoms with Gasteiger partial charge in [-0.3, -0.25) is 9.59 Å². The monoisotopic (exact) mass is 431 g/mol. The van der Waals surface area contributed by atoms with E-state index in [1.54, 1.807) is 17.8 Å². The van der Waals surface area contributed by atoms with E-state index in [1.807, 2.05) is 23.3 Å². The van der Waals surface area contributed by atoms with Gasteiger partial charge in [0.25, 0.3) is 5.91 Å². The number of hydrogen-bond donors (Lipinski definition) is 2. The maximum absolute atomic E-state index is 12.9. The zero-order chi connectivity index (χ0) is 18.5. The van der Waals surface area contributed by atoms with Gasteiger partial charge >= 0.3 is 0 Å². The van der Waals surface area contributed by atoms with Gasteiger partial charge in [0.1, 0.15) is 0 Å². The lowest BCUT2D eigenvalue weighted by Crippen LogP contribution is -2.46. The molecule has 2 N–H and O–H groups in total. The van der Waals surface area contributed by atoms with Crippen molar-refractivity contribution in [2.24, 2.45) is 5.92 Å². The molecule has 0 saturated carbocycles. The molecule has 1 aromatic carbocycles. The summed E-state index contributed by atoms with van der Waals surface area (Å²) in [6.07, 6.45) is 5.93. The zero-order valence-corrected chi connectivity index (χ0v) is 17.9. The van der Waals surface area contributed by atoms with Crippen LogP contribution in [0.1, 0.15) is 36.0 Å². The second kappa shape index (κ2) is 10.6. The largest absolute Gasteiger partial charge is 0.354 e. The van der Waals surface area contributed by atoms with Gasteiger partial charge in [-0.25, -0.2) is 0 Å². The van der Waals surface area contributed by atoms with Gasteiger partial charge in [-0.2, -0.15) is 0 Å². The predicted molar refractivity (Wildman–Crippen MR) is 113 cm³/mol. The molecule has 1 aromatic rings. The predicted octanol–water partition coefficient (Wildman–Crippen LogP) is 3.20. The first kappa shape index (κ1) is 22.3. The highest BCUT2D eigenvalue weighted by atomic mass is 35.5.